The maximum Gasteiger partial charge on any atom is 0.138 e. The molecule has 0 spiro atoms. The molecule has 0 aliphatic rings. The molecule has 0 N–H and O–H groups in total. The van der Waals surface area contributed by atoms with E-state index in [1.165, 1.54) is 0 Å². The van der Waals surface area contributed by atoms with E-state index in [1.807, 2.05) is 18.2 Å². The summed E-state index contributed by atoms with van der Waals surface area (Å²) in [6.07, 6.45) is 0. The Bertz CT molecular complexity index is 355. The third-order valence-electron chi connectivity index (χ3n) is 1.66. The number of benzene rings is 1. The molecule has 1 aromatic carbocycles. The zero-order chi connectivity index (χ0) is 10.6. The molecule has 0 fully saturated rings. The van der Waals surface area contributed by atoms with Crippen molar-refractivity contribution in [1.29, 1.82) is 5.26 Å². The molecule has 0 bridgehead atoms. The zero-order valence-electron chi connectivity index (χ0n) is 8.25. The molecule has 0 saturated carbocycles. The van der Waals surface area contributed by atoms with Crippen LogP contribution in [0, 0.1) is 17.2 Å². The lowest BCUT2D eigenvalue weighted by atomic mass is 10.2. The third-order valence-corrected chi connectivity index (χ3v) is 2.32. The Morgan fingerprint density at radius 3 is 2.79 bits per heavy atom. The lowest BCUT2D eigenvalue weighted by Crippen LogP contribution is -2.05. The van der Waals surface area contributed by atoms with E-state index in [0.717, 1.165) is 4.47 Å². The van der Waals surface area contributed by atoms with E-state index in [2.05, 4.69) is 35.8 Å². The molecule has 0 aliphatic carbocycles. The molecule has 0 radical (unpaired) electrons. The van der Waals surface area contributed by atoms with Gasteiger partial charge in [-0.3, -0.25) is 0 Å². The largest absolute Gasteiger partial charge is 0.492 e. The molecule has 1 rings (SSSR count). The second-order valence-electron chi connectivity index (χ2n) is 3.43. The van der Waals surface area contributed by atoms with Gasteiger partial charge in [0.1, 0.15) is 17.4 Å². The Balaban J connectivity index is 2.87. The number of hydrogen-bond donors (Lipinski definition) is 0. The van der Waals surface area contributed by atoms with Crippen molar-refractivity contribution in [2.75, 3.05) is 6.61 Å². The standard InChI is InChI=1S/C11H12BrNO/c1-8(2)7-14-11-5-3-4-10(12)9(11)6-13/h3-5,8H,7H2,1-2H3. The van der Waals surface area contributed by atoms with Gasteiger partial charge in [0.2, 0.25) is 0 Å². The van der Waals surface area contributed by atoms with Crippen LogP contribution >= 0.6 is 15.9 Å². The van der Waals surface area contributed by atoms with Crippen LogP contribution in [0.5, 0.6) is 5.75 Å². The highest BCUT2D eigenvalue weighted by Gasteiger charge is 2.07. The number of hydrogen-bond acceptors (Lipinski definition) is 2. The van der Waals surface area contributed by atoms with Crippen molar-refractivity contribution in [3.8, 4) is 11.8 Å². The first-order chi connectivity index (χ1) is 6.65. The smallest absolute Gasteiger partial charge is 0.138 e. The third kappa shape index (κ3) is 2.74. The van der Waals surface area contributed by atoms with Crippen molar-refractivity contribution >= 4 is 15.9 Å². The molecular formula is C11H12BrNO. The monoisotopic (exact) mass is 253 g/mol. The highest BCUT2D eigenvalue weighted by atomic mass is 79.9. The molecule has 2 nitrogen and oxygen atoms in total. The van der Waals surface area contributed by atoms with Crippen LogP contribution in [0.1, 0.15) is 19.4 Å². The molecule has 0 unspecified atom stereocenters. The topological polar surface area (TPSA) is 33.0 Å². The first-order valence-corrected chi connectivity index (χ1v) is 5.26. The Morgan fingerprint density at radius 2 is 2.21 bits per heavy atom. The summed E-state index contributed by atoms with van der Waals surface area (Å²) >= 11 is 3.31. The molecule has 0 amide bonds. The first kappa shape index (κ1) is 11.1. The fourth-order valence-electron chi connectivity index (χ4n) is 0.990. The highest BCUT2D eigenvalue weighted by molar-refractivity contribution is 9.10. The molecule has 1 aromatic rings. The van der Waals surface area contributed by atoms with Crippen LogP contribution in [-0.2, 0) is 0 Å². The van der Waals surface area contributed by atoms with Crippen LogP contribution in [-0.4, -0.2) is 6.61 Å². The zero-order valence-corrected chi connectivity index (χ0v) is 9.84. The highest BCUT2D eigenvalue weighted by Crippen LogP contribution is 2.25. The summed E-state index contributed by atoms with van der Waals surface area (Å²) in [5, 5.41) is 8.90. The predicted molar refractivity (Wildman–Crippen MR) is 59.2 cm³/mol. The van der Waals surface area contributed by atoms with Crippen LogP contribution in [0.25, 0.3) is 0 Å². The number of nitriles is 1. The van der Waals surface area contributed by atoms with Gasteiger partial charge in [-0.1, -0.05) is 19.9 Å². The van der Waals surface area contributed by atoms with Gasteiger partial charge in [0.15, 0.2) is 0 Å². The average Bonchev–Trinajstić information content (AvgIpc) is 2.14. The quantitative estimate of drug-likeness (QED) is 0.828. The summed E-state index contributed by atoms with van der Waals surface area (Å²) in [6.45, 7) is 4.78. The fraction of sp³-hybridized carbons (Fsp3) is 0.364. The van der Waals surface area contributed by atoms with E-state index < -0.39 is 0 Å². The molecular weight excluding hydrogens is 242 g/mol. The maximum atomic E-state index is 8.90. The van der Waals surface area contributed by atoms with Gasteiger partial charge in [0, 0.05) is 4.47 Å². The van der Waals surface area contributed by atoms with Crippen LogP contribution in [0.15, 0.2) is 22.7 Å². The molecule has 14 heavy (non-hydrogen) atoms. The fourth-order valence-corrected chi connectivity index (χ4v) is 1.43. The minimum atomic E-state index is 0.459. The van der Waals surface area contributed by atoms with Gasteiger partial charge in [-0.2, -0.15) is 5.26 Å². The molecule has 0 saturated heterocycles. The summed E-state index contributed by atoms with van der Waals surface area (Å²) in [4.78, 5) is 0. The first-order valence-electron chi connectivity index (χ1n) is 4.46. The van der Waals surface area contributed by atoms with Gasteiger partial charge < -0.3 is 4.74 Å². The molecule has 0 aliphatic heterocycles. The van der Waals surface area contributed by atoms with Gasteiger partial charge >= 0.3 is 0 Å². The average molecular weight is 254 g/mol. The number of nitrogens with zero attached hydrogens (tertiary/aromatic N) is 1. The summed E-state index contributed by atoms with van der Waals surface area (Å²) in [7, 11) is 0. The van der Waals surface area contributed by atoms with E-state index in [0.29, 0.717) is 23.8 Å². The van der Waals surface area contributed by atoms with E-state index in [9.17, 15) is 0 Å². The molecule has 74 valence electrons. The molecule has 3 heteroatoms. The van der Waals surface area contributed by atoms with Crippen molar-refractivity contribution in [2.24, 2.45) is 5.92 Å². The van der Waals surface area contributed by atoms with Crippen molar-refractivity contribution in [3.05, 3.63) is 28.2 Å². The summed E-state index contributed by atoms with van der Waals surface area (Å²) < 4.78 is 6.30. The molecule has 0 atom stereocenters. The SMILES string of the molecule is CC(C)COc1cccc(Br)c1C#N. The van der Waals surface area contributed by atoms with Crippen LogP contribution in [0.3, 0.4) is 0 Å². The number of halogens is 1. The molecule has 0 aromatic heterocycles. The van der Waals surface area contributed by atoms with E-state index in [-0.39, 0.29) is 0 Å². The number of rotatable bonds is 3. The van der Waals surface area contributed by atoms with Crippen molar-refractivity contribution in [2.45, 2.75) is 13.8 Å². The summed E-state index contributed by atoms with van der Waals surface area (Å²) in [5.74, 6) is 1.11. The van der Waals surface area contributed by atoms with Crippen molar-refractivity contribution < 1.29 is 4.74 Å². The second kappa shape index (κ2) is 5.02. The Morgan fingerprint density at radius 1 is 1.50 bits per heavy atom. The summed E-state index contributed by atoms with van der Waals surface area (Å²) in [6, 6.07) is 7.62. The predicted octanol–water partition coefficient (Wildman–Crippen LogP) is 3.36. The van der Waals surface area contributed by atoms with Crippen LogP contribution in [0.4, 0.5) is 0 Å². The van der Waals surface area contributed by atoms with Gasteiger partial charge in [-0.25, -0.2) is 0 Å². The van der Waals surface area contributed by atoms with Gasteiger partial charge in [-0.15, -0.1) is 0 Å². The lowest BCUT2D eigenvalue weighted by Gasteiger charge is -2.10. The summed E-state index contributed by atoms with van der Waals surface area (Å²) in [5.41, 5.74) is 0.563. The van der Waals surface area contributed by atoms with E-state index in [1.54, 1.807) is 0 Å². The van der Waals surface area contributed by atoms with Gasteiger partial charge in [-0.05, 0) is 34.0 Å². The van der Waals surface area contributed by atoms with E-state index >= 15 is 0 Å². The van der Waals surface area contributed by atoms with Crippen LogP contribution in [0.2, 0.25) is 0 Å². The second-order valence-corrected chi connectivity index (χ2v) is 4.28. The van der Waals surface area contributed by atoms with E-state index in [4.69, 9.17) is 10.00 Å². The minimum Gasteiger partial charge on any atom is -0.492 e. The Hall–Kier alpha value is -1.01. The normalized spacial score (nSPS) is 9.93. The van der Waals surface area contributed by atoms with Crippen molar-refractivity contribution in [3.63, 3.8) is 0 Å². The lowest BCUT2D eigenvalue weighted by molar-refractivity contribution is 0.270. The van der Waals surface area contributed by atoms with Crippen LogP contribution < -0.4 is 4.74 Å². The van der Waals surface area contributed by atoms with Gasteiger partial charge in [0.05, 0.1) is 6.61 Å². The minimum absolute atomic E-state index is 0.459. The molecule has 0 heterocycles. The van der Waals surface area contributed by atoms with Crippen molar-refractivity contribution in [1.82, 2.24) is 0 Å². The Kier molecular flexibility index (Phi) is 3.97. The Labute approximate surface area is 92.6 Å². The maximum absolute atomic E-state index is 8.90. The van der Waals surface area contributed by atoms with Gasteiger partial charge in [0.25, 0.3) is 0 Å². The number of ether oxygens (including phenoxy) is 1.